The highest BCUT2D eigenvalue weighted by molar-refractivity contribution is 9.10. The second kappa shape index (κ2) is 4.63. The van der Waals surface area contributed by atoms with Crippen molar-refractivity contribution < 1.29 is 5.11 Å². The van der Waals surface area contributed by atoms with Crippen molar-refractivity contribution in [1.29, 1.82) is 0 Å². The molecule has 1 N–H and O–H groups in total. The Labute approximate surface area is 101 Å². The molecule has 82 valence electrons. The van der Waals surface area contributed by atoms with Gasteiger partial charge in [0.2, 0.25) is 5.28 Å². The topological polar surface area (TPSA) is 49.2 Å². The standard InChI is InChI=1S/C9H11BrClN3O/c10-7-5-12-9(11)13-8(7)14(3-4-15)6-1-2-6/h5-6,15H,1-4H2. The zero-order valence-electron chi connectivity index (χ0n) is 8.03. The molecule has 0 radical (unpaired) electrons. The Kier molecular flexibility index (Phi) is 3.43. The fraction of sp³-hybridized carbons (Fsp3) is 0.556. The first-order valence-electron chi connectivity index (χ1n) is 4.78. The summed E-state index contributed by atoms with van der Waals surface area (Å²) in [6.45, 7) is 0.696. The number of halogens is 2. The maximum Gasteiger partial charge on any atom is 0.224 e. The largest absolute Gasteiger partial charge is 0.395 e. The van der Waals surface area contributed by atoms with E-state index in [4.69, 9.17) is 16.7 Å². The molecule has 0 bridgehead atoms. The van der Waals surface area contributed by atoms with Crippen molar-refractivity contribution >= 4 is 33.3 Å². The van der Waals surface area contributed by atoms with Crippen LogP contribution in [0, 0.1) is 0 Å². The minimum absolute atomic E-state index is 0.116. The van der Waals surface area contributed by atoms with Gasteiger partial charge in [-0.05, 0) is 40.4 Å². The Hall–Kier alpha value is -0.390. The van der Waals surface area contributed by atoms with Gasteiger partial charge in [-0.3, -0.25) is 0 Å². The lowest BCUT2D eigenvalue weighted by Gasteiger charge is -2.23. The molecule has 0 spiro atoms. The Morgan fingerprint density at radius 1 is 1.60 bits per heavy atom. The van der Waals surface area contributed by atoms with Gasteiger partial charge in [-0.1, -0.05) is 0 Å². The van der Waals surface area contributed by atoms with E-state index in [1.807, 2.05) is 0 Å². The Bertz CT molecular complexity index is 359. The fourth-order valence-corrected chi connectivity index (χ4v) is 2.04. The van der Waals surface area contributed by atoms with Gasteiger partial charge in [0.25, 0.3) is 0 Å². The molecule has 0 amide bonds. The quantitative estimate of drug-likeness (QED) is 0.861. The third kappa shape index (κ3) is 2.59. The molecule has 0 aromatic carbocycles. The second-order valence-corrected chi connectivity index (χ2v) is 4.65. The van der Waals surface area contributed by atoms with Crippen LogP contribution in [0.2, 0.25) is 5.28 Å². The molecule has 0 aliphatic heterocycles. The molecular formula is C9H11BrClN3O. The lowest BCUT2D eigenvalue weighted by molar-refractivity contribution is 0.301. The minimum atomic E-state index is 0.116. The summed E-state index contributed by atoms with van der Waals surface area (Å²) in [5, 5.41) is 9.23. The summed E-state index contributed by atoms with van der Waals surface area (Å²) in [7, 11) is 0. The summed E-state index contributed by atoms with van der Waals surface area (Å²) in [6.07, 6.45) is 3.93. The van der Waals surface area contributed by atoms with E-state index in [9.17, 15) is 0 Å². The van der Waals surface area contributed by atoms with Crippen molar-refractivity contribution in [2.75, 3.05) is 18.1 Å². The molecular weight excluding hydrogens is 281 g/mol. The number of rotatable bonds is 4. The van der Waals surface area contributed by atoms with E-state index in [1.165, 1.54) is 0 Å². The normalized spacial score (nSPS) is 15.4. The smallest absolute Gasteiger partial charge is 0.224 e. The fourth-order valence-electron chi connectivity index (χ4n) is 1.49. The van der Waals surface area contributed by atoms with Crippen LogP contribution in [-0.2, 0) is 0 Å². The van der Waals surface area contributed by atoms with Crippen LogP contribution in [0.5, 0.6) is 0 Å². The van der Waals surface area contributed by atoms with E-state index in [-0.39, 0.29) is 11.9 Å². The van der Waals surface area contributed by atoms with Crippen LogP contribution in [0.25, 0.3) is 0 Å². The molecule has 1 aromatic rings. The Balaban J connectivity index is 2.27. The van der Waals surface area contributed by atoms with E-state index in [2.05, 4.69) is 30.8 Å². The monoisotopic (exact) mass is 291 g/mol. The van der Waals surface area contributed by atoms with Gasteiger partial charge in [-0.25, -0.2) is 4.98 Å². The minimum Gasteiger partial charge on any atom is -0.395 e. The van der Waals surface area contributed by atoms with Gasteiger partial charge in [0.05, 0.1) is 11.1 Å². The molecule has 0 unspecified atom stereocenters. The lowest BCUT2D eigenvalue weighted by atomic mass is 10.4. The van der Waals surface area contributed by atoms with Crippen LogP contribution in [0.3, 0.4) is 0 Å². The zero-order valence-corrected chi connectivity index (χ0v) is 10.4. The van der Waals surface area contributed by atoms with E-state index in [1.54, 1.807) is 6.20 Å². The average molecular weight is 293 g/mol. The maximum absolute atomic E-state index is 9.00. The molecule has 1 aliphatic rings. The first-order valence-corrected chi connectivity index (χ1v) is 5.95. The van der Waals surface area contributed by atoms with Crippen molar-refractivity contribution in [3.63, 3.8) is 0 Å². The van der Waals surface area contributed by atoms with Crippen molar-refractivity contribution in [1.82, 2.24) is 9.97 Å². The predicted octanol–water partition coefficient (Wildman–Crippen LogP) is 1.85. The highest BCUT2D eigenvalue weighted by Gasteiger charge is 2.30. The third-order valence-corrected chi connectivity index (χ3v) is 3.04. The van der Waals surface area contributed by atoms with Crippen molar-refractivity contribution in [3.8, 4) is 0 Å². The highest BCUT2D eigenvalue weighted by atomic mass is 79.9. The molecule has 1 heterocycles. The summed E-state index contributed by atoms with van der Waals surface area (Å²) in [4.78, 5) is 10.1. The van der Waals surface area contributed by atoms with Gasteiger partial charge in [0.15, 0.2) is 0 Å². The first kappa shape index (κ1) is 11.1. The summed E-state index contributed by atoms with van der Waals surface area (Å²) in [5.41, 5.74) is 0. The molecule has 2 rings (SSSR count). The summed E-state index contributed by atoms with van der Waals surface area (Å²) in [6, 6.07) is 0.486. The van der Waals surface area contributed by atoms with Crippen LogP contribution in [0.4, 0.5) is 5.82 Å². The number of aromatic nitrogens is 2. The molecule has 4 nitrogen and oxygen atoms in total. The van der Waals surface area contributed by atoms with E-state index >= 15 is 0 Å². The summed E-state index contributed by atoms with van der Waals surface area (Å²) in [5.74, 6) is 0.770. The van der Waals surface area contributed by atoms with E-state index < -0.39 is 0 Å². The second-order valence-electron chi connectivity index (χ2n) is 3.46. The van der Waals surface area contributed by atoms with Gasteiger partial charge in [-0.2, -0.15) is 4.98 Å². The Morgan fingerprint density at radius 3 is 2.93 bits per heavy atom. The number of aliphatic hydroxyl groups excluding tert-OH is 1. The van der Waals surface area contributed by atoms with Crippen molar-refractivity contribution in [3.05, 3.63) is 16.0 Å². The summed E-state index contributed by atoms with van der Waals surface area (Å²) >= 11 is 9.14. The molecule has 1 aliphatic carbocycles. The number of aliphatic hydroxyl groups is 1. The molecule has 0 atom stereocenters. The van der Waals surface area contributed by atoms with E-state index in [0.717, 1.165) is 23.1 Å². The molecule has 1 fully saturated rings. The zero-order chi connectivity index (χ0) is 10.8. The van der Waals surface area contributed by atoms with Crippen molar-refractivity contribution in [2.24, 2.45) is 0 Å². The number of anilines is 1. The van der Waals surface area contributed by atoms with Crippen LogP contribution in [-0.4, -0.2) is 34.3 Å². The van der Waals surface area contributed by atoms with Gasteiger partial charge in [-0.15, -0.1) is 0 Å². The molecule has 15 heavy (non-hydrogen) atoms. The van der Waals surface area contributed by atoms with Gasteiger partial charge < -0.3 is 10.0 Å². The predicted molar refractivity (Wildman–Crippen MR) is 62.2 cm³/mol. The lowest BCUT2D eigenvalue weighted by Crippen LogP contribution is -2.30. The number of nitrogens with zero attached hydrogens (tertiary/aromatic N) is 3. The number of hydrogen-bond donors (Lipinski definition) is 1. The third-order valence-electron chi connectivity index (χ3n) is 2.30. The van der Waals surface area contributed by atoms with Gasteiger partial charge in [0, 0.05) is 18.8 Å². The van der Waals surface area contributed by atoms with Gasteiger partial charge in [0.1, 0.15) is 5.82 Å². The van der Waals surface area contributed by atoms with Crippen molar-refractivity contribution in [2.45, 2.75) is 18.9 Å². The van der Waals surface area contributed by atoms with Gasteiger partial charge >= 0.3 is 0 Å². The summed E-state index contributed by atoms with van der Waals surface area (Å²) < 4.78 is 0.812. The van der Waals surface area contributed by atoms with Crippen LogP contribution < -0.4 is 4.90 Å². The van der Waals surface area contributed by atoms with Crippen LogP contribution in [0.1, 0.15) is 12.8 Å². The molecule has 6 heteroatoms. The molecule has 0 saturated heterocycles. The SMILES string of the molecule is OCCN(c1nc(Cl)ncc1Br)C1CC1. The maximum atomic E-state index is 9.00. The number of hydrogen-bond acceptors (Lipinski definition) is 4. The average Bonchev–Trinajstić information content (AvgIpc) is 3.02. The van der Waals surface area contributed by atoms with Crippen LogP contribution >= 0.6 is 27.5 Å². The first-order chi connectivity index (χ1) is 7.22. The van der Waals surface area contributed by atoms with E-state index in [0.29, 0.717) is 12.6 Å². The molecule has 1 saturated carbocycles. The molecule has 1 aromatic heterocycles. The Morgan fingerprint density at radius 2 is 2.33 bits per heavy atom. The van der Waals surface area contributed by atoms with Crippen LogP contribution in [0.15, 0.2) is 10.7 Å². The highest BCUT2D eigenvalue weighted by Crippen LogP contribution is 2.34.